The number of thioether (sulfide) groups is 1. The number of methoxy groups -OCH3 is 1. The lowest BCUT2D eigenvalue weighted by molar-refractivity contribution is -0.113. The fourth-order valence-electron chi connectivity index (χ4n) is 2.92. The maximum Gasteiger partial charge on any atom is 0.234 e. The zero-order chi connectivity index (χ0) is 21.7. The smallest absolute Gasteiger partial charge is 0.234 e. The highest BCUT2D eigenvalue weighted by atomic mass is 32.2. The predicted octanol–water partition coefficient (Wildman–Crippen LogP) is 4.31. The highest BCUT2D eigenvalue weighted by Gasteiger charge is 2.18. The van der Waals surface area contributed by atoms with Crippen molar-refractivity contribution in [2.24, 2.45) is 7.05 Å². The normalized spacial score (nSPS) is 11.8. The van der Waals surface area contributed by atoms with Crippen LogP contribution >= 0.6 is 11.8 Å². The van der Waals surface area contributed by atoms with Crippen molar-refractivity contribution >= 4 is 23.4 Å². The molecule has 8 heteroatoms. The Labute approximate surface area is 180 Å². The Kier molecular flexibility index (Phi) is 6.99. The fraction of sp³-hybridized carbons (Fsp3) is 0.318. The standard InChI is InChI=1S/C22H26N4O3S/c1-14-7-6-8-19(15(14)2)23-20(27)13-30-22-25-24-21(26(22)4)16(3)29-18-11-9-17(28-5)10-12-18/h6-12,16H,13H2,1-5H3,(H,23,27). The van der Waals surface area contributed by atoms with Crippen molar-refractivity contribution in [2.75, 3.05) is 18.2 Å². The first kappa shape index (κ1) is 21.7. The first-order valence-corrected chi connectivity index (χ1v) is 10.6. The van der Waals surface area contributed by atoms with Crippen LogP contribution < -0.4 is 14.8 Å². The van der Waals surface area contributed by atoms with Crippen molar-refractivity contribution in [3.8, 4) is 11.5 Å². The van der Waals surface area contributed by atoms with E-state index in [1.54, 1.807) is 7.11 Å². The number of aromatic nitrogens is 3. The topological polar surface area (TPSA) is 78.3 Å². The zero-order valence-corrected chi connectivity index (χ0v) is 18.6. The molecule has 1 atom stereocenters. The number of aryl methyl sites for hydroxylation is 1. The molecule has 1 unspecified atom stereocenters. The van der Waals surface area contributed by atoms with Crippen LogP contribution in [0.4, 0.5) is 5.69 Å². The SMILES string of the molecule is COc1ccc(OC(C)c2nnc(SCC(=O)Nc3cccc(C)c3C)n2C)cc1. The molecular weight excluding hydrogens is 400 g/mol. The third-order valence-electron chi connectivity index (χ3n) is 4.82. The highest BCUT2D eigenvalue weighted by molar-refractivity contribution is 7.99. The van der Waals surface area contributed by atoms with Crippen molar-refractivity contribution in [3.63, 3.8) is 0 Å². The number of nitrogens with zero attached hydrogens (tertiary/aromatic N) is 3. The molecule has 1 aromatic heterocycles. The number of rotatable bonds is 8. The Bertz CT molecular complexity index is 1020. The van der Waals surface area contributed by atoms with Crippen molar-refractivity contribution < 1.29 is 14.3 Å². The van der Waals surface area contributed by atoms with Gasteiger partial charge in [-0.2, -0.15) is 0 Å². The van der Waals surface area contributed by atoms with E-state index in [1.165, 1.54) is 11.8 Å². The third kappa shape index (κ3) is 5.13. The predicted molar refractivity (Wildman–Crippen MR) is 118 cm³/mol. The van der Waals surface area contributed by atoms with Gasteiger partial charge >= 0.3 is 0 Å². The zero-order valence-electron chi connectivity index (χ0n) is 17.8. The first-order chi connectivity index (χ1) is 14.4. The molecule has 0 radical (unpaired) electrons. The van der Waals surface area contributed by atoms with Gasteiger partial charge in [-0.25, -0.2) is 0 Å². The lowest BCUT2D eigenvalue weighted by Crippen LogP contribution is -2.15. The number of nitrogens with one attached hydrogen (secondary N) is 1. The van der Waals surface area contributed by atoms with E-state index in [2.05, 4.69) is 15.5 Å². The Morgan fingerprint density at radius 3 is 2.53 bits per heavy atom. The molecule has 7 nitrogen and oxygen atoms in total. The van der Waals surface area contributed by atoms with Gasteiger partial charge in [-0.1, -0.05) is 23.9 Å². The number of benzene rings is 2. The van der Waals surface area contributed by atoms with Crippen molar-refractivity contribution in [2.45, 2.75) is 32.0 Å². The molecule has 0 saturated heterocycles. The summed E-state index contributed by atoms with van der Waals surface area (Å²) < 4.78 is 13.0. The summed E-state index contributed by atoms with van der Waals surface area (Å²) in [6, 6.07) is 13.2. The molecule has 0 spiro atoms. The maximum absolute atomic E-state index is 12.4. The second-order valence-corrected chi connectivity index (χ2v) is 7.86. The molecule has 30 heavy (non-hydrogen) atoms. The van der Waals surface area contributed by atoms with E-state index in [9.17, 15) is 4.79 Å². The molecular formula is C22H26N4O3S. The number of hydrogen-bond donors (Lipinski definition) is 1. The van der Waals surface area contributed by atoms with Gasteiger partial charge in [0.1, 0.15) is 11.5 Å². The van der Waals surface area contributed by atoms with Crippen molar-refractivity contribution in [3.05, 3.63) is 59.4 Å². The van der Waals surface area contributed by atoms with Gasteiger partial charge in [0.2, 0.25) is 5.91 Å². The van der Waals surface area contributed by atoms with Crippen LogP contribution in [0.3, 0.4) is 0 Å². The number of hydrogen-bond acceptors (Lipinski definition) is 6. The molecule has 3 aromatic rings. The summed E-state index contributed by atoms with van der Waals surface area (Å²) in [4.78, 5) is 12.4. The Balaban J connectivity index is 1.59. The Hall–Kier alpha value is -3.00. The van der Waals surface area contributed by atoms with Crippen LogP contribution in [0.2, 0.25) is 0 Å². The van der Waals surface area contributed by atoms with Gasteiger partial charge in [-0.3, -0.25) is 4.79 Å². The van der Waals surface area contributed by atoms with Crippen LogP contribution in [0, 0.1) is 13.8 Å². The molecule has 0 aliphatic heterocycles. The van der Waals surface area contributed by atoms with Crippen LogP contribution in [0.5, 0.6) is 11.5 Å². The van der Waals surface area contributed by atoms with E-state index in [4.69, 9.17) is 9.47 Å². The molecule has 1 N–H and O–H groups in total. The average molecular weight is 427 g/mol. The van der Waals surface area contributed by atoms with E-state index in [-0.39, 0.29) is 17.8 Å². The summed E-state index contributed by atoms with van der Waals surface area (Å²) in [7, 11) is 3.49. The lowest BCUT2D eigenvalue weighted by atomic mass is 10.1. The molecule has 0 saturated carbocycles. The van der Waals surface area contributed by atoms with Gasteiger partial charge in [-0.15, -0.1) is 10.2 Å². The molecule has 0 fully saturated rings. The maximum atomic E-state index is 12.4. The van der Waals surface area contributed by atoms with Gasteiger partial charge in [0.05, 0.1) is 12.9 Å². The fourth-order valence-corrected chi connectivity index (χ4v) is 3.64. The van der Waals surface area contributed by atoms with E-state index >= 15 is 0 Å². The summed E-state index contributed by atoms with van der Waals surface area (Å²) in [5.74, 6) is 2.33. The van der Waals surface area contributed by atoms with Crippen molar-refractivity contribution in [1.29, 1.82) is 0 Å². The van der Waals surface area contributed by atoms with Crippen LogP contribution in [0.25, 0.3) is 0 Å². The lowest BCUT2D eigenvalue weighted by Gasteiger charge is -2.14. The minimum atomic E-state index is -0.297. The molecule has 1 amide bonds. The quantitative estimate of drug-likeness (QED) is 0.541. The molecule has 0 bridgehead atoms. The monoisotopic (exact) mass is 426 g/mol. The molecule has 2 aromatic carbocycles. The minimum absolute atomic E-state index is 0.0826. The third-order valence-corrected chi connectivity index (χ3v) is 5.84. The first-order valence-electron chi connectivity index (χ1n) is 9.58. The summed E-state index contributed by atoms with van der Waals surface area (Å²) in [5.41, 5.74) is 3.05. The average Bonchev–Trinajstić information content (AvgIpc) is 3.11. The number of carbonyl (C=O) groups is 1. The minimum Gasteiger partial charge on any atom is -0.497 e. The number of ether oxygens (including phenoxy) is 2. The van der Waals surface area contributed by atoms with E-state index in [0.29, 0.717) is 16.7 Å². The van der Waals surface area contributed by atoms with E-state index in [0.717, 1.165) is 22.6 Å². The van der Waals surface area contributed by atoms with Gasteiger partial charge < -0.3 is 19.4 Å². The van der Waals surface area contributed by atoms with Gasteiger partial charge in [0.15, 0.2) is 17.1 Å². The van der Waals surface area contributed by atoms with Crippen LogP contribution in [0.15, 0.2) is 47.6 Å². The second-order valence-electron chi connectivity index (χ2n) is 6.92. The highest BCUT2D eigenvalue weighted by Crippen LogP contribution is 2.25. The Morgan fingerprint density at radius 1 is 1.13 bits per heavy atom. The molecule has 0 aliphatic carbocycles. The largest absolute Gasteiger partial charge is 0.497 e. The van der Waals surface area contributed by atoms with E-state index < -0.39 is 0 Å². The summed E-state index contributed by atoms with van der Waals surface area (Å²) >= 11 is 1.34. The number of amides is 1. The molecule has 1 heterocycles. The summed E-state index contributed by atoms with van der Waals surface area (Å²) in [5, 5.41) is 12.1. The van der Waals surface area contributed by atoms with Gasteiger partial charge in [-0.05, 0) is 62.2 Å². The molecule has 158 valence electrons. The van der Waals surface area contributed by atoms with Gasteiger partial charge in [0.25, 0.3) is 0 Å². The molecule has 0 aliphatic rings. The Morgan fingerprint density at radius 2 is 1.83 bits per heavy atom. The van der Waals surface area contributed by atoms with Crippen LogP contribution in [-0.4, -0.2) is 33.5 Å². The van der Waals surface area contributed by atoms with Crippen LogP contribution in [0.1, 0.15) is 30.0 Å². The van der Waals surface area contributed by atoms with Crippen molar-refractivity contribution in [1.82, 2.24) is 14.8 Å². The number of anilines is 1. The molecule has 3 rings (SSSR count). The van der Waals surface area contributed by atoms with Gasteiger partial charge in [0, 0.05) is 12.7 Å². The van der Waals surface area contributed by atoms with Crippen LogP contribution in [-0.2, 0) is 11.8 Å². The summed E-state index contributed by atoms with van der Waals surface area (Å²) in [6.45, 7) is 5.93. The second kappa shape index (κ2) is 9.67. The van der Waals surface area contributed by atoms with E-state index in [1.807, 2.05) is 74.9 Å². The summed E-state index contributed by atoms with van der Waals surface area (Å²) in [6.07, 6.45) is -0.297. The number of carbonyl (C=O) groups excluding carboxylic acids is 1.